The zero-order valence-electron chi connectivity index (χ0n) is 12.3. The SMILES string of the molecule is COC(=O)NC12CC3CC(C1)CC(NC(C)C)(C3)C2. The first-order valence-corrected chi connectivity index (χ1v) is 7.58. The predicted molar refractivity (Wildman–Crippen MR) is 74.0 cm³/mol. The Bertz CT molecular complexity index is 361. The summed E-state index contributed by atoms with van der Waals surface area (Å²) in [4.78, 5) is 11.7. The fourth-order valence-corrected chi connectivity index (χ4v) is 5.46. The summed E-state index contributed by atoms with van der Waals surface area (Å²) in [5.41, 5.74) is 0.234. The Balaban J connectivity index is 1.82. The highest BCUT2D eigenvalue weighted by Gasteiger charge is 2.58. The molecule has 2 unspecified atom stereocenters. The molecular weight excluding hydrogens is 240 g/mol. The lowest BCUT2D eigenvalue weighted by Gasteiger charge is -2.62. The molecule has 19 heavy (non-hydrogen) atoms. The normalized spacial score (nSPS) is 43.6. The quantitative estimate of drug-likeness (QED) is 0.825. The number of carbonyl (C=O) groups is 1. The second-order valence-electron chi connectivity index (χ2n) is 7.44. The summed E-state index contributed by atoms with van der Waals surface area (Å²) in [6, 6.07) is 0.506. The number of hydrogen-bond acceptors (Lipinski definition) is 3. The average molecular weight is 266 g/mol. The molecule has 0 radical (unpaired) electrons. The number of ether oxygens (including phenoxy) is 1. The molecule has 4 aliphatic carbocycles. The number of methoxy groups -OCH3 is 1. The molecule has 4 heteroatoms. The molecule has 0 saturated heterocycles. The fourth-order valence-electron chi connectivity index (χ4n) is 5.46. The van der Waals surface area contributed by atoms with Gasteiger partial charge in [-0.05, 0) is 50.4 Å². The highest BCUT2D eigenvalue weighted by Crippen LogP contribution is 2.57. The molecule has 2 atom stereocenters. The molecule has 0 aromatic carbocycles. The van der Waals surface area contributed by atoms with Crippen LogP contribution < -0.4 is 10.6 Å². The summed E-state index contributed by atoms with van der Waals surface area (Å²) in [7, 11) is 1.46. The molecule has 4 nitrogen and oxygen atoms in total. The van der Waals surface area contributed by atoms with E-state index in [1.807, 2.05) is 0 Å². The molecule has 1 amide bonds. The van der Waals surface area contributed by atoms with Crippen LogP contribution in [0.4, 0.5) is 4.79 Å². The fraction of sp³-hybridized carbons (Fsp3) is 0.933. The smallest absolute Gasteiger partial charge is 0.407 e. The Morgan fingerprint density at radius 1 is 1.16 bits per heavy atom. The predicted octanol–water partition coefficient (Wildman–Crippen LogP) is 2.43. The van der Waals surface area contributed by atoms with Crippen molar-refractivity contribution in [3.8, 4) is 0 Å². The van der Waals surface area contributed by atoms with Crippen LogP contribution in [0, 0.1) is 11.8 Å². The number of nitrogens with one attached hydrogen (secondary N) is 2. The molecule has 0 aliphatic heterocycles. The Labute approximate surface area is 115 Å². The lowest BCUT2D eigenvalue weighted by Crippen LogP contribution is -2.69. The van der Waals surface area contributed by atoms with Crippen LogP contribution in [0.25, 0.3) is 0 Å². The third kappa shape index (κ3) is 2.35. The van der Waals surface area contributed by atoms with E-state index in [0.717, 1.165) is 31.1 Å². The van der Waals surface area contributed by atoms with Gasteiger partial charge in [0.15, 0.2) is 0 Å². The van der Waals surface area contributed by atoms with E-state index in [2.05, 4.69) is 24.5 Å². The molecule has 4 saturated carbocycles. The first kappa shape index (κ1) is 13.2. The van der Waals surface area contributed by atoms with Crippen LogP contribution in [0.3, 0.4) is 0 Å². The minimum Gasteiger partial charge on any atom is -0.453 e. The Morgan fingerprint density at radius 2 is 1.74 bits per heavy atom. The van der Waals surface area contributed by atoms with Gasteiger partial charge in [-0.15, -0.1) is 0 Å². The molecule has 4 fully saturated rings. The van der Waals surface area contributed by atoms with Crippen LogP contribution in [0.5, 0.6) is 0 Å². The van der Waals surface area contributed by atoms with Crippen molar-refractivity contribution in [1.82, 2.24) is 10.6 Å². The molecule has 2 N–H and O–H groups in total. The van der Waals surface area contributed by atoms with E-state index >= 15 is 0 Å². The monoisotopic (exact) mass is 266 g/mol. The van der Waals surface area contributed by atoms with Crippen LogP contribution in [-0.2, 0) is 4.74 Å². The van der Waals surface area contributed by atoms with Gasteiger partial charge in [0, 0.05) is 17.1 Å². The lowest BCUT2D eigenvalue weighted by molar-refractivity contribution is -0.0525. The maximum absolute atomic E-state index is 11.7. The molecule has 0 aromatic heterocycles. The van der Waals surface area contributed by atoms with Crippen molar-refractivity contribution in [2.45, 2.75) is 69.5 Å². The van der Waals surface area contributed by atoms with E-state index in [0.29, 0.717) is 6.04 Å². The zero-order chi connectivity index (χ0) is 13.7. The summed E-state index contributed by atoms with van der Waals surface area (Å²) >= 11 is 0. The van der Waals surface area contributed by atoms with Crippen molar-refractivity contribution >= 4 is 6.09 Å². The minimum absolute atomic E-state index is 0.0148. The van der Waals surface area contributed by atoms with Crippen molar-refractivity contribution in [2.24, 2.45) is 11.8 Å². The van der Waals surface area contributed by atoms with Crippen LogP contribution in [0.1, 0.15) is 52.4 Å². The second-order valence-corrected chi connectivity index (χ2v) is 7.44. The third-order valence-corrected chi connectivity index (χ3v) is 5.21. The van der Waals surface area contributed by atoms with Crippen LogP contribution in [0.2, 0.25) is 0 Å². The van der Waals surface area contributed by atoms with Crippen molar-refractivity contribution in [3.63, 3.8) is 0 Å². The Morgan fingerprint density at radius 3 is 2.26 bits per heavy atom. The van der Waals surface area contributed by atoms with Gasteiger partial charge in [0.2, 0.25) is 0 Å². The number of alkyl carbamates (subject to hydrolysis) is 1. The summed E-state index contributed by atoms with van der Waals surface area (Å²) < 4.78 is 4.83. The van der Waals surface area contributed by atoms with Gasteiger partial charge in [-0.3, -0.25) is 0 Å². The van der Waals surface area contributed by atoms with Gasteiger partial charge < -0.3 is 15.4 Å². The molecule has 4 rings (SSSR count). The number of hydrogen-bond donors (Lipinski definition) is 2. The first-order valence-electron chi connectivity index (χ1n) is 7.58. The minimum atomic E-state index is -0.262. The van der Waals surface area contributed by atoms with Gasteiger partial charge in [0.25, 0.3) is 0 Å². The average Bonchev–Trinajstić information content (AvgIpc) is 2.24. The van der Waals surface area contributed by atoms with Crippen LogP contribution in [-0.4, -0.2) is 30.3 Å². The molecule has 108 valence electrons. The Hall–Kier alpha value is -0.770. The summed E-state index contributed by atoms with van der Waals surface area (Å²) in [5, 5.41) is 6.98. The Kier molecular flexibility index (Phi) is 3.04. The molecule has 4 bridgehead atoms. The highest BCUT2D eigenvalue weighted by molar-refractivity contribution is 5.68. The second kappa shape index (κ2) is 4.37. The van der Waals surface area contributed by atoms with Gasteiger partial charge in [0.05, 0.1) is 7.11 Å². The van der Waals surface area contributed by atoms with E-state index in [-0.39, 0.29) is 17.2 Å². The van der Waals surface area contributed by atoms with E-state index in [4.69, 9.17) is 4.74 Å². The maximum Gasteiger partial charge on any atom is 0.407 e. The van der Waals surface area contributed by atoms with Crippen molar-refractivity contribution < 1.29 is 9.53 Å². The van der Waals surface area contributed by atoms with Crippen molar-refractivity contribution in [2.75, 3.05) is 7.11 Å². The van der Waals surface area contributed by atoms with Gasteiger partial charge in [-0.25, -0.2) is 4.79 Å². The number of amides is 1. The largest absolute Gasteiger partial charge is 0.453 e. The lowest BCUT2D eigenvalue weighted by atomic mass is 9.49. The van der Waals surface area contributed by atoms with Gasteiger partial charge in [0.1, 0.15) is 0 Å². The van der Waals surface area contributed by atoms with Gasteiger partial charge in [-0.1, -0.05) is 13.8 Å². The van der Waals surface area contributed by atoms with Crippen molar-refractivity contribution in [3.05, 3.63) is 0 Å². The van der Waals surface area contributed by atoms with E-state index in [1.54, 1.807) is 0 Å². The standard InChI is InChI=1S/C15H26N2O2/c1-10(2)16-14-5-11-4-12(6-14)8-15(7-11,9-14)17-13(18)19-3/h10-12,16H,4-9H2,1-3H3,(H,17,18). The highest BCUT2D eigenvalue weighted by atomic mass is 16.5. The zero-order valence-corrected chi connectivity index (χ0v) is 12.3. The topological polar surface area (TPSA) is 50.4 Å². The maximum atomic E-state index is 11.7. The van der Waals surface area contributed by atoms with E-state index < -0.39 is 0 Å². The molecule has 4 aliphatic rings. The number of carbonyl (C=O) groups excluding carboxylic acids is 1. The van der Waals surface area contributed by atoms with Gasteiger partial charge in [-0.2, -0.15) is 0 Å². The van der Waals surface area contributed by atoms with Crippen molar-refractivity contribution in [1.29, 1.82) is 0 Å². The first-order chi connectivity index (χ1) is 8.94. The van der Waals surface area contributed by atoms with Crippen LogP contribution in [0.15, 0.2) is 0 Å². The van der Waals surface area contributed by atoms with Crippen LogP contribution >= 0.6 is 0 Å². The van der Waals surface area contributed by atoms with E-state index in [1.165, 1.54) is 26.4 Å². The molecule has 0 aromatic rings. The third-order valence-electron chi connectivity index (χ3n) is 5.21. The molecule has 0 spiro atoms. The molecular formula is C15H26N2O2. The summed E-state index contributed by atoms with van der Waals surface area (Å²) in [5.74, 6) is 1.54. The van der Waals surface area contributed by atoms with E-state index in [9.17, 15) is 4.79 Å². The van der Waals surface area contributed by atoms with Gasteiger partial charge >= 0.3 is 6.09 Å². The number of rotatable bonds is 3. The molecule has 0 heterocycles. The summed E-state index contributed by atoms with van der Waals surface area (Å²) in [6.45, 7) is 4.44. The summed E-state index contributed by atoms with van der Waals surface area (Å²) in [6.07, 6.45) is 7.01.